The number of carbonyl (C=O) groups excluding carboxylic acids is 2. The van der Waals surface area contributed by atoms with Crippen molar-refractivity contribution < 1.29 is 14.7 Å². The highest BCUT2D eigenvalue weighted by Crippen LogP contribution is 2.49. The molecule has 0 aliphatic heterocycles. The predicted octanol–water partition coefficient (Wildman–Crippen LogP) is 0.0568. The summed E-state index contributed by atoms with van der Waals surface area (Å²) in [6.07, 6.45) is 0.566. The number of carbonyl (C=O) groups is 2. The lowest BCUT2D eigenvalue weighted by molar-refractivity contribution is -0.129. The van der Waals surface area contributed by atoms with Crippen LogP contribution in [0, 0.1) is 28.6 Å². The van der Waals surface area contributed by atoms with E-state index in [-0.39, 0.29) is 42.9 Å². The van der Waals surface area contributed by atoms with Gasteiger partial charge >= 0.3 is 0 Å². The van der Waals surface area contributed by atoms with Gasteiger partial charge in [0, 0.05) is 25.4 Å². The summed E-state index contributed by atoms with van der Waals surface area (Å²) in [6.45, 7) is -0.135. The van der Waals surface area contributed by atoms with Crippen LogP contribution in [-0.4, -0.2) is 23.3 Å². The van der Waals surface area contributed by atoms with Crippen LogP contribution >= 0.6 is 0 Å². The Morgan fingerprint density at radius 3 is 2.86 bits per heavy atom. The van der Waals surface area contributed by atoms with Gasteiger partial charge in [0.2, 0.25) is 0 Å². The number of rotatable bonds is 1. The van der Waals surface area contributed by atoms with Gasteiger partial charge in [-0.05, 0) is 12.3 Å². The van der Waals surface area contributed by atoms with Gasteiger partial charge in [-0.15, -0.1) is 0 Å². The van der Waals surface area contributed by atoms with Crippen molar-refractivity contribution >= 4 is 11.6 Å². The van der Waals surface area contributed by atoms with E-state index in [2.05, 4.69) is 0 Å². The van der Waals surface area contributed by atoms with Gasteiger partial charge in [0.25, 0.3) is 0 Å². The summed E-state index contributed by atoms with van der Waals surface area (Å²) in [5.41, 5.74) is -1.05. The van der Waals surface area contributed by atoms with E-state index < -0.39 is 5.41 Å². The highest BCUT2D eigenvalue weighted by atomic mass is 16.3. The maximum Gasteiger partial charge on any atom is 0.153 e. The third-order valence-electron chi connectivity index (χ3n) is 3.46. The van der Waals surface area contributed by atoms with E-state index in [1.54, 1.807) is 0 Å². The molecular weight excluding hydrogens is 182 g/mol. The van der Waals surface area contributed by atoms with Crippen LogP contribution in [0.5, 0.6) is 0 Å². The van der Waals surface area contributed by atoms with E-state index in [0.717, 1.165) is 0 Å². The van der Waals surface area contributed by atoms with Gasteiger partial charge < -0.3 is 5.11 Å². The molecule has 0 heterocycles. The van der Waals surface area contributed by atoms with Gasteiger partial charge in [-0.1, -0.05) is 0 Å². The van der Waals surface area contributed by atoms with Gasteiger partial charge in [0.15, 0.2) is 5.78 Å². The van der Waals surface area contributed by atoms with E-state index in [1.807, 2.05) is 6.07 Å². The molecule has 4 nitrogen and oxygen atoms in total. The minimum absolute atomic E-state index is 0.0311. The molecular formula is C10H11NO3. The Kier molecular flexibility index (Phi) is 1.93. The van der Waals surface area contributed by atoms with Gasteiger partial charge in [-0.2, -0.15) is 5.26 Å². The molecule has 3 atom stereocenters. The second kappa shape index (κ2) is 2.89. The molecule has 0 spiro atoms. The summed E-state index contributed by atoms with van der Waals surface area (Å²) in [7, 11) is 0. The molecule has 2 saturated carbocycles. The first kappa shape index (κ1) is 9.35. The SMILES string of the molecule is N#CC12CC(=O)C(C1)C(CO)CC2=O. The van der Waals surface area contributed by atoms with Crippen molar-refractivity contribution in [3.63, 3.8) is 0 Å². The van der Waals surface area contributed by atoms with E-state index in [9.17, 15) is 9.59 Å². The van der Waals surface area contributed by atoms with Gasteiger partial charge in [-0.3, -0.25) is 9.59 Å². The number of ketones is 2. The number of fused-ring (bicyclic) bond motifs is 2. The summed E-state index contributed by atoms with van der Waals surface area (Å²) in [6, 6.07) is 1.98. The van der Waals surface area contributed by atoms with Crippen molar-refractivity contribution in [1.29, 1.82) is 5.26 Å². The molecule has 0 amide bonds. The van der Waals surface area contributed by atoms with Crippen LogP contribution in [-0.2, 0) is 9.59 Å². The van der Waals surface area contributed by atoms with E-state index in [1.165, 1.54) is 0 Å². The quantitative estimate of drug-likeness (QED) is 0.638. The second-order valence-electron chi connectivity index (χ2n) is 4.22. The number of hydrogen-bond donors (Lipinski definition) is 1. The van der Waals surface area contributed by atoms with Crippen LogP contribution in [0.2, 0.25) is 0 Å². The second-order valence-corrected chi connectivity index (χ2v) is 4.22. The first-order valence-corrected chi connectivity index (χ1v) is 4.71. The van der Waals surface area contributed by atoms with Crippen LogP contribution < -0.4 is 0 Å². The number of Topliss-reactive ketones (excluding diaryl/α,β-unsaturated/α-hetero) is 2. The zero-order chi connectivity index (χ0) is 10.3. The smallest absolute Gasteiger partial charge is 0.153 e. The molecule has 2 aliphatic carbocycles. The van der Waals surface area contributed by atoms with E-state index in [0.29, 0.717) is 6.42 Å². The Hall–Kier alpha value is -1.21. The normalized spacial score (nSPS) is 41.1. The van der Waals surface area contributed by atoms with Crippen molar-refractivity contribution in [1.82, 2.24) is 0 Å². The summed E-state index contributed by atoms with van der Waals surface area (Å²) < 4.78 is 0. The van der Waals surface area contributed by atoms with Crippen LogP contribution in [0.15, 0.2) is 0 Å². The van der Waals surface area contributed by atoms with Crippen LogP contribution in [0.4, 0.5) is 0 Å². The summed E-state index contributed by atoms with van der Waals surface area (Å²) >= 11 is 0. The Morgan fingerprint density at radius 2 is 2.29 bits per heavy atom. The molecule has 2 fully saturated rings. The average Bonchev–Trinajstić information content (AvgIpc) is 2.49. The molecule has 0 aromatic carbocycles. The standard InChI is InChI=1S/C10H11NO3/c11-5-10-2-7(8(13)3-10)6(4-12)1-9(10)14/h6-7,12H,1-4H2. The molecule has 74 valence electrons. The van der Waals surface area contributed by atoms with Crippen LogP contribution in [0.25, 0.3) is 0 Å². The molecule has 1 N–H and O–H groups in total. The first-order chi connectivity index (χ1) is 6.63. The molecule has 0 aromatic heterocycles. The minimum atomic E-state index is -1.05. The first-order valence-electron chi connectivity index (χ1n) is 4.71. The molecule has 2 rings (SSSR count). The molecule has 0 saturated heterocycles. The van der Waals surface area contributed by atoms with Crippen molar-refractivity contribution in [3.8, 4) is 6.07 Å². The van der Waals surface area contributed by atoms with Crippen molar-refractivity contribution in [3.05, 3.63) is 0 Å². The lowest BCUT2D eigenvalue weighted by Gasteiger charge is -2.28. The Labute approximate surface area is 81.5 Å². The number of aliphatic hydroxyl groups is 1. The number of nitrogens with zero attached hydrogens (tertiary/aromatic N) is 1. The zero-order valence-electron chi connectivity index (χ0n) is 7.69. The molecule has 2 aliphatic rings. The maximum atomic E-state index is 11.6. The number of nitriles is 1. The molecule has 4 heteroatoms. The zero-order valence-corrected chi connectivity index (χ0v) is 7.69. The van der Waals surface area contributed by atoms with Crippen LogP contribution in [0.3, 0.4) is 0 Å². The number of hydrogen-bond acceptors (Lipinski definition) is 4. The molecule has 3 unspecified atom stereocenters. The lowest BCUT2D eigenvalue weighted by Crippen LogP contribution is -2.36. The maximum absolute atomic E-state index is 11.6. The average molecular weight is 193 g/mol. The fourth-order valence-electron chi connectivity index (χ4n) is 2.55. The highest BCUT2D eigenvalue weighted by molar-refractivity contribution is 6.00. The number of aliphatic hydroxyl groups excluding tert-OH is 1. The minimum Gasteiger partial charge on any atom is -0.396 e. The van der Waals surface area contributed by atoms with E-state index >= 15 is 0 Å². The Morgan fingerprint density at radius 1 is 1.57 bits per heavy atom. The van der Waals surface area contributed by atoms with Gasteiger partial charge in [0.1, 0.15) is 11.2 Å². The summed E-state index contributed by atoms with van der Waals surface area (Å²) in [5, 5.41) is 17.9. The molecule has 2 bridgehead atoms. The van der Waals surface area contributed by atoms with Gasteiger partial charge in [0.05, 0.1) is 6.07 Å². The van der Waals surface area contributed by atoms with Crippen molar-refractivity contribution in [2.75, 3.05) is 6.61 Å². The monoisotopic (exact) mass is 193 g/mol. The Balaban J connectivity index is 2.36. The Bertz CT molecular complexity index is 344. The van der Waals surface area contributed by atoms with Crippen molar-refractivity contribution in [2.24, 2.45) is 17.3 Å². The summed E-state index contributed by atoms with van der Waals surface area (Å²) in [5.74, 6) is -0.714. The lowest BCUT2D eigenvalue weighted by atomic mass is 9.71. The summed E-state index contributed by atoms with van der Waals surface area (Å²) in [4.78, 5) is 23.2. The van der Waals surface area contributed by atoms with Gasteiger partial charge in [-0.25, -0.2) is 0 Å². The molecule has 0 radical (unpaired) electrons. The van der Waals surface area contributed by atoms with Crippen LogP contribution in [0.1, 0.15) is 19.3 Å². The molecule has 14 heavy (non-hydrogen) atoms. The fourth-order valence-corrected chi connectivity index (χ4v) is 2.55. The van der Waals surface area contributed by atoms with E-state index in [4.69, 9.17) is 10.4 Å². The predicted molar refractivity (Wildman–Crippen MR) is 46.0 cm³/mol. The fraction of sp³-hybridized carbons (Fsp3) is 0.700. The van der Waals surface area contributed by atoms with Crippen molar-refractivity contribution in [2.45, 2.75) is 19.3 Å². The third-order valence-corrected chi connectivity index (χ3v) is 3.46. The third kappa shape index (κ3) is 1.02. The largest absolute Gasteiger partial charge is 0.396 e. The molecule has 0 aromatic rings. The topological polar surface area (TPSA) is 78.2 Å². The highest BCUT2D eigenvalue weighted by Gasteiger charge is 2.56.